The lowest BCUT2D eigenvalue weighted by molar-refractivity contribution is -0.138. The second-order valence-corrected chi connectivity index (χ2v) is 8.99. The maximum Gasteiger partial charge on any atom is 0.230 e. The molecule has 1 aromatic carbocycles. The monoisotopic (exact) mass is 428 g/mol. The number of ether oxygens (including phenoxy) is 1. The molecule has 1 aliphatic rings. The Labute approximate surface area is 183 Å². The van der Waals surface area contributed by atoms with Crippen molar-refractivity contribution in [2.75, 3.05) is 34.8 Å². The van der Waals surface area contributed by atoms with Gasteiger partial charge >= 0.3 is 0 Å². The van der Waals surface area contributed by atoms with Crippen LogP contribution >= 0.6 is 11.3 Å². The fraction of sp³-hybridized carbons (Fsp3) is 0.478. The van der Waals surface area contributed by atoms with Gasteiger partial charge in [0.1, 0.15) is 5.75 Å². The van der Waals surface area contributed by atoms with E-state index in [9.17, 15) is 4.79 Å². The van der Waals surface area contributed by atoms with Crippen LogP contribution in [0.5, 0.6) is 5.75 Å². The van der Waals surface area contributed by atoms with Crippen molar-refractivity contribution in [1.82, 2.24) is 15.5 Å². The van der Waals surface area contributed by atoms with Gasteiger partial charge in [0.15, 0.2) is 5.96 Å². The van der Waals surface area contributed by atoms with Gasteiger partial charge in [-0.3, -0.25) is 9.79 Å². The summed E-state index contributed by atoms with van der Waals surface area (Å²) in [6.45, 7) is 1.31. The summed E-state index contributed by atoms with van der Waals surface area (Å²) in [6, 6.07) is 10.3. The molecule has 0 spiro atoms. The van der Waals surface area contributed by atoms with Crippen molar-refractivity contribution in [3.05, 3.63) is 40.6 Å². The number of nitrogens with one attached hydrogen (secondary N) is 2. The van der Waals surface area contributed by atoms with Crippen molar-refractivity contribution in [2.24, 2.45) is 10.4 Å². The number of methoxy groups -OCH3 is 1. The van der Waals surface area contributed by atoms with Gasteiger partial charge in [0.05, 0.1) is 19.1 Å². The molecule has 0 unspecified atom stereocenters. The second kappa shape index (κ2) is 9.98. The first-order chi connectivity index (χ1) is 14.5. The summed E-state index contributed by atoms with van der Waals surface area (Å²) in [4.78, 5) is 20.0. The summed E-state index contributed by atoms with van der Waals surface area (Å²) >= 11 is 1.72. The van der Waals surface area contributed by atoms with Crippen molar-refractivity contribution in [2.45, 2.75) is 32.2 Å². The Morgan fingerprint density at radius 1 is 1.17 bits per heavy atom. The van der Waals surface area contributed by atoms with Gasteiger partial charge < -0.3 is 20.3 Å². The number of rotatable bonds is 7. The van der Waals surface area contributed by atoms with Crippen LogP contribution in [-0.2, 0) is 11.3 Å². The van der Waals surface area contributed by atoms with Crippen LogP contribution < -0.4 is 15.4 Å². The number of hydrogen-bond acceptors (Lipinski definition) is 4. The maximum atomic E-state index is 12.7. The lowest BCUT2D eigenvalue weighted by Gasteiger charge is -2.31. The number of amides is 1. The Morgan fingerprint density at radius 2 is 1.87 bits per heavy atom. The zero-order chi connectivity index (χ0) is 21.6. The first kappa shape index (κ1) is 22.2. The van der Waals surface area contributed by atoms with E-state index in [0.717, 1.165) is 37.4 Å². The second-order valence-electron chi connectivity index (χ2n) is 8.00. The standard InChI is InChI=1S/C23H32N4O2S/c1-24-22(26-16-23(11-5-6-12-23)21(28)27(2)3)25-14-20-13-18(15-30-20)17-7-9-19(29-4)10-8-17/h7-10,13,15H,5-6,11-12,14,16H2,1-4H3,(H2,24,25,26). The fourth-order valence-electron chi connectivity index (χ4n) is 4.04. The fourth-order valence-corrected chi connectivity index (χ4v) is 4.88. The van der Waals surface area contributed by atoms with Crippen LogP contribution in [0.2, 0.25) is 0 Å². The molecule has 6 nitrogen and oxygen atoms in total. The number of carbonyl (C=O) groups excluding carboxylic acids is 1. The molecule has 0 radical (unpaired) electrons. The number of hydrogen-bond donors (Lipinski definition) is 2. The first-order valence-corrected chi connectivity index (χ1v) is 11.2. The van der Waals surface area contributed by atoms with Gasteiger partial charge in [-0.05, 0) is 47.5 Å². The molecule has 2 N–H and O–H groups in total. The van der Waals surface area contributed by atoms with Gasteiger partial charge in [0, 0.05) is 32.6 Å². The molecule has 0 atom stereocenters. The molecule has 1 saturated carbocycles. The molecule has 1 aromatic heterocycles. The third kappa shape index (κ3) is 5.14. The highest BCUT2D eigenvalue weighted by atomic mass is 32.1. The zero-order valence-electron chi connectivity index (χ0n) is 18.3. The van der Waals surface area contributed by atoms with E-state index in [1.165, 1.54) is 16.0 Å². The molecule has 0 bridgehead atoms. The predicted octanol–water partition coefficient (Wildman–Crippen LogP) is 3.74. The maximum absolute atomic E-state index is 12.7. The van der Waals surface area contributed by atoms with E-state index in [-0.39, 0.29) is 11.3 Å². The number of aliphatic imine (C=N–C) groups is 1. The molecule has 3 rings (SSSR count). The van der Waals surface area contributed by atoms with Gasteiger partial charge in [-0.25, -0.2) is 0 Å². The van der Waals surface area contributed by atoms with E-state index < -0.39 is 0 Å². The van der Waals surface area contributed by atoms with Crippen molar-refractivity contribution in [1.29, 1.82) is 0 Å². The average Bonchev–Trinajstić information content (AvgIpc) is 3.44. The number of thiophene rings is 1. The van der Waals surface area contributed by atoms with Crippen molar-refractivity contribution in [3.63, 3.8) is 0 Å². The number of guanidine groups is 1. The van der Waals surface area contributed by atoms with Gasteiger partial charge in [-0.15, -0.1) is 11.3 Å². The smallest absolute Gasteiger partial charge is 0.230 e. The lowest BCUT2D eigenvalue weighted by atomic mass is 9.84. The van der Waals surface area contributed by atoms with Crippen LogP contribution in [0.1, 0.15) is 30.6 Å². The Bertz CT molecular complexity index is 868. The molecule has 0 aliphatic heterocycles. The molecule has 2 aromatic rings. The zero-order valence-corrected chi connectivity index (χ0v) is 19.1. The quantitative estimate of drug-likeness (QED) is 0.521. The minimum absolute atomic E-state index is 0.213. The molecule has 30 heavy (non-hydrogen) atoms. The summed E-state index contributed by atoms with van der Waals surface area (Å²) in [7, 11) is 7.12. The normalized spacial score (nSPS) is 15.7. The van der Waals surface area contributed by atoms with E-state index in [1.807, 2.05) is 26.2 Å². The van der Waals surface area contributed by atoms with Gasteiger partial charge in [0.25, 0.3) is 0 Å². The largest absolute Gasteiger partial charge is 0.497 e. The minimum Gasteiger partial charge on any atom is -0.497 e. The van der Waals surface area contributed by atoms with Crippen LogP contribution in [0.25, 0.3) is 11.1 Å². The minimum atomic E-state index is -0.314. The van der Waals surface area contributed by atoms with E-state index in [0.29, 0.717) is 13.1 Å². The number of nitrogens with zero attached hydrogens (tertiary/aromatic N) is 2. The molecule has 1 fully saturated rings. The molecular formula is C23H32N4O2S. The first-order valence-electron chi connectivity index (χ1n) is 10.4. The van der Waals surface area contributed by atoms with Crippen molar-refractivity contribution < 1.29 is 9.53 Å². The highest BCUT2D eigenvalue weighted by Gasteiger charge is 2.42. The van der Waals surface area contributed by atoms with Crippen LogP contribution in [0, 0.1) is 5.41 Å². The Kier molecular flexibility index (Phi) is 7.37. The van der Waals surface area contributed by atoms with E-state index in [1.54, 1.807) is 30.4 Å². The SMILES string of the molecule is CN=C(NCc1cc(-c2ccc(OC)cc2)cs1)NCC1(C(=O)N(C)C)CCCC1. The molecule has 1 heterocycles. The highest BCUT2D eigenvalue weighted by molar-refractivity contribution is 7.10. The van der Waals surface area contributed by atoms with Crippen LogP contribution in [-0.4, -0.2) is 51.6 Å². The number of benzene rings is 1. The third-order valence-corrected chi connectivity index (χ3v) is 6.68. The van der Waals surface area contributed by atoms with Gasteiger partial charge in [-0.2, -0.15) is 0 Å². The topological polar surface area (TPSA) is 66.0 Å². The molecule has 1 amide bonds. The van der Waals surface area contributed by atoms with Gasteiger partial charge in [-0.1, -0.05) is 25.0 Å². The lowest BCUT2D eigenvalue weighted by Crippen LogP contribution is -2.49. The Morgan fingerprint density at radius 3 is 2.47 bits per heavy atom. The molecular weight excluding hydrogens is 396 g/mol. The van der Waals surface area contributed by atoms with Crippen LogP contribution in [0.15, 0.2) is 40.7 Å². The summed E-state index contributed by atoms with van der Waals surface area (Å²) < 4.78 is 5.23. The van der Waals surface area contributed by atoms with Crippen LogP contribution in [0.3, 0.4) is 0 Å². The van der Waals surface area contributed by atoms with Crippen LogP contribution in [0.4, 0.5) is 0 Å². The Hall–Kier alpha value is -2.54. The molecule has 162 valence electrons. The summed E-state index contributed by atoms with van der Waals surface area (Å²) in [6.07, 6.45) is 4.08. The summed E-state index contributed by atoms with van der Waals surface area (Å²) in [5.74, 6) is 1.80. The molecule has 7 heteroatoms. The summed E-state index contributed by atoms with van der Waals surface area (Å²) in [5.41, 5.74) is 2.06. The van der Waals surface area contributed by atoms with Crippen molar-refractivity contribution in [3.8, 4) is 16.9 Å². The highest BCUT2D eigenvalue weighted by Crippen LogP contribution is 2.38. The van der Waals surface area contributed by atoms with E-state index >= 15 is 0 Å². The van der Waals surface area contributed by atoms with E-state index in [4.69, 9.17) is 4.74 Å². The molecule has 0 saturated heterocycles. The number of carbonyl (C=O) groups is 1. The van der Waals surface area contributed by atoms with Crippen molar-refractivity contribution >= 4 is 23.2 Å². The third-order valence-electron chi connectivity index (χ3n) is 5.75. The van der Waals surface area contributed by atoms with E-state index in [2.05, 4.69) is 39.2 Å². The average molecular weight is 429 g/mol. The van der Waals surface area contributed by atoms with Gasteiger partial charge in [0.2, 0.25) is 5.91 Å². The Balaban J connectivity index is 1.57. The molecule has 1 aliphatic carbocycles. The predicted molar refractivity (Wildman–Crippen MR) is 124 cm³/mol. The summed E-state index contributed by atoms with van der Waals surface area (Å²) in [5, 5.41) is 8.94.